The fraction of sp³-hybridized carbons (Fsp3) is 0.250. The van der Waals surface area contributed by atoms with Crippen LogP contribution in [-0.2, 0) is 13.1 Å². The van der Waals surface area contributed by atoms with Crippen molar-refractivity contribution in [3.8, 4) is 11.6 Å². The predicted molar refractivity (Wildman–Crippen MR) is 109 cm³/mol. The molecule has 0 saturated heterocycles. The van der Waals surface area contributed by atoms with E-state index in [1.54, 1.807) is 42.8 Å². The second kappa shape index (κ2) is 9.27. The SMILES string of the molecule is CN=C(NCc1ccc(Oc2cccc(F)c2)nc1)NCc1nc(C)c(C)s1. The first kappa shape index (κ1) is 19.8. The largest absolute Gasteiger partial charge is 0.439 e. The Hall–Kier alpha value is -3.00. The normalized spacial score (nSPS) is 11.4. The molecule has 3 aromatic rings. The summed E-state index contributed by atoms with van der Waals surface area (Å²) in [7, 11) is 1.72. The molecule has 0 bridgehead atoms. The maximum atomic E-state index is 13.2. The summed E-state index contributed by atoms with van der Waals surface area (Å²) in [4.78, 5) is 14.2. The molecular weight excluding hydrogens is 377 g/mol. The van der Waals surface area contributed by atoms with Crippen molar-refractivity contribution in [3.63, 3.8) is 0 Å². The van der Waals surface area contributed by atoms with E-state index < -0.39 is 0 Å². The van der Waals surface area contributed by atoms with Crippen LogP contribution in [0.4, 0.5) is 4.39 Å². The minimum atomic E-state index is -0.347. The van der Waals surface area contributed by atoms with Gasteiger partial charge in [0.1, 0.15) is 16.6 Å². The number of guanidine groups is 1. The Morgan fingerprint density at radius 1 is 1.18 bits per heavy atom. The predicted octanol–water partition coefficient (Wildman–Crippen LogP) is 3.95. The van der Waals surface area contributed by atoms with Crippen LogP contribution < -0.4 is 15.4 Å². The van der Waals surface area contributed by atoms with Crippen LogP contribution >= 0.6 is 11.3 Å². The second-order valence-corrected chi connectivity index (χ2v) is 7.38. The number of nitrogens with zero attached hydrogens (tertiary/aromatic N) is 3. The molecule has 6 nitrogen and oxygen atoms in total. The van der Waals surface area contributed by atoms with Crippen molar-refractivity contribution in [2.24, 2.45) is 4.99 Å². The lowest BCUT2D eigenvalue weighted by molar-refractivity contribution is 0.457. The lowest BCUT2D eigenvalue weighted by atomic mass is 10.3. The highest BCUT2D eigenvalue weighted by atomic mass is 32.1. The Morgan fingerprint density at radius 2 is 2.00 bits per heavy atom. The van der Waals surface area contributed by atoms with Crippen LogP contribution in [0.1, 0.15) is 21.1 Å². The van der Waals surface area contributed by atoms with Crippen molar-refractivity contribution in [1.29, 1.82) is 0 Å². The number of hydrogen-bond donors (Lipinski definition) is 2. The summed E-state index contributed by atoms with van der Waals surface area (Å²) in [5.74, 6) is 1.16. The van der Waals surface area contributed by atoms with Crippen LogP contribution in [0.3, 0.4) is 0 Å². The fourth-order valence-electron chi connectivity index (χ4n) is 2.41. The van der Waals surface area contributed by atoms with Crippen molar-refractivity contribution in [1.82, 2.24) is 20.6 Å². The van der Waals surface area contributed by atoms with E-state index in [0.717, 1.165) is 16.3 Å². The monoisotopic (exact) mass is 399 g/mol. The molecule has 0 aliphatic heterocycles. The van der Waals surface area contributed by atoms with Gasteiger partial charge in [-0.25, -0.2) is 14.4 Å². The Bertz CT molecular complexity index is 936. The van der Waals surface area contributed by atoms with Gasteiger partial charge in [-0.15, -0.1) is 11.3 Å². The molecule has 0 saturated carbocycles. The number of thiazole rings is 1. The summed E-state index contributed by atoms with van der Waals surface area (Å²) in [6.07, 6.45) is 1.71. The number of aliphatic imine (C=N–C) groups is 1. The van der Waals surface area contributed by atoms with Crippen molar-refractivity contribution in [3.05, 3.63) is 69.6 Å². The van der Waals surface area contributed by atoms with E-state index in [1.807, 2.05) is 13.0 Å². The summed E-state index contributed by atoms with van der Waals surface area (Å²) in [5.41, 5.74) is 2.03. The van der Waals surface area contributed by atoms with E-state index in [2.05, 4.69) is 32.5 Å². The number of rotatable bonds is 6. The zero-order valence-corrected chi connectivity index (χ0v) is 16.8. The number of hydrogen-bond acceptors (Lipinski definition) is 5. The number of nitrogens with one attached hydrogen (secondary N) is 2. The molecule has 1 aromatic carbocycles. The minimum absolute atomic E-state index is 0.347. The molecule has 0 fully saturated rings. The summed E-state index contributed by atoms with van der Waals surface area (Å²) in [6.45, 7) is 5.26. The Labute approximate surface area is 167 Å². The lowest BCUT2D eigenvalue weighted by Crippen LogP contribution is -2.36. The molecule has 0 unspecified atom stereocenters. The van der Waals surface area contributed by atoms with E-state index in [0.29, 0.717) is 30.7 Å². The minimum Gasteiger partial charge on any atom is -0.439 e. The van der Waals surface area contributed by atoms with Crippen LogP contribution in [0.25, 0.3) is 0 Å². The molecule has 0 atom stereocenters. The maximum Gasteiger partial charge on any atom is 0.219 e. The zero-order chi connectivity index (χ0) is 19.9. The van der Waals surface area contributed by atoms with Crippen LogP contribution in [0, 0.1) is 19.7 Å². The lowest BCUT2D eigenvalue weighted by Gasteiger charge is -2.11. The van der Waals surface area contributed by atoms with Crippen molar-refractivity contribution in [2.75, 3.05) is 7.05 Å². The number of halogens is 1. The van der Waals surface area contributed by atoms with Gasteiger partial charge < -0.3 is 15.4 Å². The number of aryl methyl sites for hydroxylation is 2. The van der Waals surface area contributed by atoms with Gasteiger partial charge in [-0.2, -0.15) is 0 Å². The Morgan fingerprint density at radius 3 is 2.64 bits per heavy atom. The van der Waals surface area contributed by atoms with Gasteiger partial charge in [0.25, 0.3) is 0 Å². The third-order valence-corrected chi connectivity index (χ3v) is 5.05. The van der Waals surface area contributed by atoms with E-state index in [1.165, 1.54) is 17.0 Å². The molecule has 2 aromatic heterocycles. The van der Waals surface area contributed by atoms with E-state index >= 15 is 0 Å². The molecule has 2 N–H and O–H groups in total. The van der Waals surface area contributed by atoms with E-state index in [9.17, 15) is 4.39 Å². The Balaban J connectivity index is 1.50. The van der Waals surface area contributed by atoms with Gasteiger partial charge in [0.2, 0.25) is 5.88 Å². The van der Waals surface area contributed by atoms with Gasteiger partial charge in [0, 0.05) is 36.8 Å². The molecule has 0 aliphatic rings. The molecular formula is C20H22FN5OS. The summed E-state index contributed by atoms with van der Waals surface area (Å²) in [6, 6.07) is 9.61. The molecule has 0 radical (unpaired) electrons. The molecule has 0 amide bonds. The second-order valence-electron chi connectivity index (χ2n) is 6.09. The quantitative estimate of drug-likeness (QED) is 0.485. The molecule has 8 heteroatoms. The third kappa shape index (κ3) is 5.50. The van der Waals surface area contributed by atoms with E-state index in [-0.39, 0.29) is 5.82 Å². The van der Waals surface area contributed by atoms with Crippen molar-refractivity contribution in [2.45, 2.75) is 26.9 Å². The molecule has 146 valence electrons. The van der Waals surface area contributed by atoms with Gasteiger partial charge in [-0.1, -0.05) is 12.1 Å². The number of ether oxygens (including phenoxy) is 1. The first-order valence-corrected chi connectivity index (χ1v) is 9.61. The van der Waals surface area contributed by atoms with Crippen LogP contribution in [0.2, 0.25) is 0 Å². The van der Waals surface area contributed by atoms with Crippen LogP contribution in [-0.4, -0.2) is 23.0 Å². The van der Waals surface area contributed by atoms with Crippen LogP contribution in [0.5, 0.6) is 11.6 Å². The summed E-state index contributed by atoms with van der Waals surface area (Å²) in [5, 5.41) is 7.52. The number of benzene rings is 1. The van der Waals surface area contributed by atoms with Gasteiger partial charge in [0.15, 0.2) is 5.96 Å². The molecule has 0 spiro atoms. The number of aromatic nitrogens is 2. The maximum absolute atomic E-state index is 13.2. The molecule has 3 rings (SSSR count). The van der Waals surface area contributed by atoms with Gasteiger partial charge in [-0.05, 0) is 31.5 Å². The summed E-state index contributed by atoms with van der Waals surface area (Å²) >= 11 is 1.68. The van der Waals surface area contributed by atoms with Gasteiger partial charge >= 0.3 is 0 Å². The van der Waals surface area contributed by atoms with Gasteiger partial charge in [-0.3, -0.25) is 4.99 Å². The van der Waals surface area contributed by atoms with Gasteiger partial charge in [0.05, 0.1) is 12.2 Å². The average Bonchev–Trinajstić information content (AvgIpc) is 3.01. The fourth-order valence-corrected chi connectivity index (χ4v) is 3.28. The molecule has 0 aliphatic carbocycles. The zero-order valence-electron chi connectivity index (χ0n) is 16.0. The van der Waals surface area contributed by atoms with E-state index in [4.69, 9.17) is 4.74 Å². The number of pyridine rings is 1. The summed E-state index contributed by atoms with van der Waals surface area (Å²) < 4.78 is 18.8. The third-order valence-electron chi connectivity index (χ3n) is 3.98. The standard InChI is InChI=1S/C20H22FN5OS/c1-13-14(2)28-19(26-13)12-25-20(22-3)24-11-15-7-8-18(23-10-15)27-17-6-4-5-16(21)9-17/h4-10H,11-12H2,1-3H3,(H2,22,24,25). The topological polar surface area (TPSA) is 71.4 Å². The highest BCUT2D eigenvalue weighted by Gasteiger charge is 2.05. The first-order chi connectivity index (χ1) is 13.5. The highest BCUT2D eigenvalue weighted by Crippen LogP contribution is 2.20. The van der Waals surface area contributed by atoms with Crippen molar-refractivity contribution >= 4 is 17.3 Å². The molecule has 28 heavy (non-hydrogen) atoms. The first-order valence-electron chi connectivity index (χ1n) is 8.79. The highest BCUT2D eigenvalue weighted by molar-refractivity contribution is 7.11. The molecule has 2 heterocycles. The van der Waals surface area contributed by atoms with Crippen LogP contribution in [0.15, 0.2) is 47.6 Å². The smallest absolute Gasteiger partial charge is 0.219 e. The Kier molecular flexibility index (Phi) is 6.54. The van der Waals surface area contributed by atoms with Crippen molar-refractivity contribution < 1.29 is 9.13 Å². The average molecular weight is 399 g/mol.